The Labute approximate surface area is 143 Å². The number of aromatic nitrogens is 2. The zero-order valence-electron chi connectivity index (χ0n) is 14.9. The number of nitrogens with zero attached hydrogens (tertiary/aromatic N) is 2. The molecule has 128 valence electrons. The minimum atomic E-state index is -0.167. The lowest BCUT2D eigenvalue weighted by Gasteiger charge is -2.22. The Hall–Kier alpha value is -2.43. The van der Waals surface area contributed by atoms with Gasteiger partial charge >= 0.3 is 0 Å². The van der Waals surface area contributed by atoms with E-state index < -0.39 is 0 Å². The molecule has 24 heavy (non-hydrogen) atoms. The van der Waals surface area contributed by atoms with Crippen LogP contribution in [0.4, 0.5) is 5.82 Å². The molecule has 0 saturated heterocycles. The SMILES string of the molecule is CCCCNC(=O)c1cc(NC(C)(C)C)nc(-c2ccccc2)n1. The van der Waals surface area contributed by atoms with Crippen LogP contribution in [-0.2, 0) is 0 Å². The maximum absolute atomic E-state index is 12.4. The minimum absolute atomic E-state index is 0.154. The van der Waals surface area contributed by atoms with Crippen LogP contribution in [0.15, 0.2) is 36.4 Å². The highest BCUT2D eigenvalue weighted by Gasteiger charge is 2.16. The summed E-state index contributed by atoms with van der Waals surface area (Å²) in [6, 6.07) is 11.4. The van der Waals surface area contributed by atoms with Crippen molar-refractivity contribution in [1.29, 1.82) is 0 Å². The molecule has 0 spiro atoms. The van der Waals surface area contributed by atoms with Crippen molar-refractivity contribution in [2.75, 3.05) is 11.9 Å². The summed E-state index contributed by atoms with van der Waals surface area (Å²) in [6.07, 6.45) is 1.99. The lowest BCUT2D eigenvalue weighted by Crippen LogP contribution is -2.29. The Morgan fingerprint density at radius 3 is 2.46 bits per heavy atom. The molecule has 1 aromatic heterocycles. The normalized spacial score (nSPS) is 11.2. The number of unbranched alkanes of at least 4 members (excludes halogenated alkanes) is 1. The van der Waals surface area contributed by atoms with Gasteiger partial charge in [-0.05, 0) is 27.2 Å². The van der Waals surface area contributed by atoms with E-state index in [1.165, 1.54) is 0 Å². The average molecular weight is 326 g/mol. The van der Waals surface area contributed by atoms with Gasteiger partial charge in [-0.3, -0.25) is 4.79 Å². The molecule has 2 N–H and O–H groups in total. The summed E-state index contributed by atoms with van der Waals surface area (Å²) < 4.78 is 0. The van der Waals surface area contributed by atoms with Crippen molar-refractivity contribution in [2.45, 2.75) is 46.1 Å². The van der Waals surface area contributed by atoms with Crippen LogP contribution in [0.3, 0.4) is 0 Å². The van der Waals surface area contributed by atoms with Gasteiger partial charge in [0.2, 0.25) is 0 Å². The van der Waals surface area contributed by atoms with E-state index in [0.717, 1.165) is 18.4 Å². The molecule has 2 rings (SSSR count). The summed E-state index contributed by atoms with van der Waals surface area (Å²) in [7, 11) is 0. The summed E-state index contributed by atoms with van der Waals surface area (Å²) in [5.74, 6) is 1.03. The van der Waals surface area contributed by atoms with Gasteiger partial charge in [-0.2, -0.15) is 0 Å². The second kappa shape index (κ2) is 7.90. The molecule has 0 unspecified atom stereocenters. The van der Waals surface area contributed by atoms with Crippen LogP contribution in [0.5, 0.6) is 0 Å². The summed E-state index contributed by atoms with van der Waals surface area (Å²) in [5.41, 5.74) is 1.11. The van der Waals surface area contributed by atoms with E-state index in [4.69, 9.17) is 0 Å². The number of anilines is 1. The van der Waals surface area contributed by atoms with Crippen molar-refractivity contribution in [3.63, 3.8) is 0 Å². The Kier molecular flexibility index (Phi) is 5.90. The molecule has 0 aliphatic carbocycles. The van der Waals surface area contributed by atoms with Gasteiger partial charge in [0.25, 0.3) is 5.91 Å². The van der Waals surface area contributed by atoms with Gasteiger partial charge in [-0.1, -0.05) is 43.7 Å². The Bertz CT molecular complexity index is 678. The lowest BCUT2D eigenvalue weighted by atomic mass is 10.1. The molecule has 0 bridgehead atoms. The molecule has 0 aliphatic rings. The molecular weight excluding hydrogens is 300 g/mol. The van der Waals surface area contributed by atoms with Crippen LogP contribution in [0.1, 0.15) is 51.0 Å². The van der Waals surface area contributed by atoms with Crippen molar-refractivity contribution in [3.05, 3.63) is 42.1 Å². The Morgan fingerprint density at radius 1 is 1.12 bits per heavy atom. The topological polar surface area (TPSA) is 66.9 Å². The van der Waals surface area contributed by atoms with E-state index in [1.807, 2.05) is 30.3 Å². The number of rotatable bonds is 6. The first-order valence-electron chi connectivity index (χ1n) is 8.40. The highest BCUT2D eigenvalue weighted by molar-refractivity contribution is 5.93. The van der Waals surface area contributed by atoms with Gasteiger partial charge in [0.15, 0.2) is 5.82 Å². The molecule has 1 aromatic carbocycles. The van der Waals surface area contributed by atoms with Gasteiger partial charge in [-0.15, -0.1) is 0 Å². The van der Waals surface area contributed by atoms with Gasteiger partial charge in [0, 0.05) is 23.7 Å². The quantitative estimate of drug-likeness (QED) is 0.791. The van der Waals surface area contributed by atoms with E-state index in [2.05, 4.69) is 48.3 Å². The number of benzene rings is 1. The van der Waals surface area contributed by atoms with E-state index in [-0.39, 0.29) is 11.4 Å². The van der Waals surface area contributed by atoms with Crippen LogP contribution < -0.4 is 10.6 Å². The second-order valence-corrected chi connectivity index (χ2v) is 6.81. The summed E-state index contributed by atoms with van der Waals surface area (Å²) in [4.78, 5) is 21.4. The van der Waals surface area contributed by atoms with Gasteiger partial charge in [-0.25, -0.2) is 9.97 Å². The van der Waals surface area contributed by atoms with E-state index >= 15 is 0 Å². The molecule has 0 saturated carbocycles. The first kappa shape index (κ1) is 17.9. The highest BCUT2D eigenvalue weighted by atomic mass is 16.1. The lowest BCUT2D eigenvalue weighted by molar-refractivity contribution is 0.0948. The van der Waals surface area contributed by atoms with Crippen LogP contribution in [-0.4, -0.2) is 28.0 Å². The predicted octanol–water partition coefficient (Wildman–Crippen LogP) is 3.88. The highest BCUT2D eigenvalue weighted by Crippen LogP contribution is 2.20. The van der Waals surface area contributed by atoms with E-state index in [0.29, 0.717) is 23.9 Å². The minimum Gasteiger partial charge on any atom is -0.365 e. The average Bonchev–Trinajstić information content (AvgIpc) is 2.54. The molecular formula is C19H26N4O. The number of hydrogen-bond acceptors (Lipinski definition) is 4. The Morgan fingerprint density at radius 2 is 1.83 bits per heavy atom. The predicted molar refractivity (Wildman–Crippen MR) is 98.1 cm³/mol. The van der Waals surface area contributed by atoms with E-state index in [9.17, 15) is 4.79 Å². The third kappa shape index (κ3) is 5.33. The standard InChI is InChI=1S/C19H26N4O/c1-5-6-12-20-18(24)15-13-16(23-19(2,3)4)22-17(21-15)14-10-8-7-9-11-14/h7-11,13H,5-6,12H2,1-4H3,(H,20,24)(H,21,22,23). The molecule has 5 heteroatoms. The molecule has 2 aromatic rings. The molecule has 0 aliphatic heterocycles. The monoisotopic (exact) mass is 326 g/mol. The van der Waals surface area contributed by atoms with E-state index in [1.54, 1.807) is 6.07 Å². The van der Waals surface area contributed by atoms with Crippen LogP contribution >= 0.6 is 0 Å². The first-order chi connectivity index (χ1) is 11.4. The maximum Gasteiger partial charge on any atom is 0.270 e. The van der Waals surface area contributed by atoms with Crippen LogP contribution in [0.25, 0.3) is 11.4 Å². The first-order valence-corrected chi connectivity index (χ1v) is 8.40. The summed E-state index contributed by atoms with van der Waals surface area (Å²) in [5, 5.41) is 6.23. The third-order valence-electron chi connectivity index (χ3n) is 3.31. The Balaban J connectivity index is 2.35. The van der Waals surface area contributed by atoms with Crippen molar-refractivity contribution >= 4 is 11.7 Å². The maximum atomic E-state index is 12.4. The fraction of sp³-hybridized carbons (Fsp3) is 0.421. The van der Waals surface area contributed by atoms with Gasteiger partial charge in [0.05, 0.1) is 0 Å². The molecule has 1 heterocycles. The third-order valence-corrected chi connectivity index (χ3v) is 3.31. The smallest absolute Gasteiger partial charge is 0.270 e. The fourth-order valence-corrected chi connectivity index (χ4v) is 2.20. The summed E-state index contributed by atoms with van der Waals surface area (Å²) >= 11 is 0. The number of carbonyl (C=O) groups excluding carboxylic acids is 1. The molecule has 1 amide bonds. The molecule has 5 nitrogen and oxygen atoms in total. The zero-order chi connectivity index (χ0) is 17.6. The number of amides is 1. The van der Waals surface area contributed by atoms with Gasteiger partial charge in [0.1, 0.15) is 11.5 Å². The van der Waals surface area contributed by atoms with Crippen molar-refractivity contribution in [2.24, 2.45) is 0 Å². The van der Waals surface area contributed by atoms with Crippen molar-refractivity contribution in [3.8, 4) is 11.4 Å². The van der Waals surface area contributed by atoms with Crippen molar-refractivity contribution in [1.82, 2.24) is 15.3 Å². The van der Waals surface area contributed by atoms with Crippen LogP contribution in [0, 0.1) is 0 Å². The fourth-order valence-electron chi connectivity index (χ4n) is 2.20. The summed E-state index contributed by atoms with van der Waals surface area (Å²) in [6.45, 7) is 8.91. The van der Waals surface area contributed by atoms with Crippen molar-refractivity contribution < 1.29 is 4.79 Å². The second-order valence-electron chi connectivity index (χ2n) is 6.81. The number of carbonyl (C=O) groups is 1. The number of hydrogen-bond donors (Lipinski definition) is 2. The van der Waals surface area contributed by atoms with Gasteiger partial charge < -0.3 is 10.6 Å². The largest absolute Gasteiger partial charge is 0.365 e. The van der Waals surface area contributed by atoms with Crippen LogP contribution in [0.2, 0.25) is 0 Å². The molecule has 0 atom stereocenters. The number of nitrogens with one attached hydrogen (secondary N) is 2. The molecule has 0 fully saturated rings. The molecule has 0 radical (unpaired) electrons. The zero-order valence-corrected chi connectivity index (χ0v) is 14.9.